The number of halogens is 3. The Morgan fingerprint density at radius 1 is 0.310 bits per heavy atom. The topological polar surface area (TPSA) is 25.8 Å². The fraction of sp³-hybridized carbons (Fsp3) is 0.0189. The van der Waals surface area contributed by atoms with Gasteiger partial charge in [-0.25, -0.2) is 13.2 Å². The lowest BCUT2D eigenvalue weighted by Gasteiger charge is -2.18. The molecule has 0 saturated carbocycles. The molecule has 0 aliphatic carbocycles. The fourth-order valence-corrected chi connectivity index (χ4v) is 7.62. The van der Waals surface area contributed by atoms with E-state index in [0.717, 1.165) is 89.6 Å². The average Bonchev–Trinajstić information content (AvgIpc) is 3.27. The first kappa shape index (κ1) is 36.3. The first-order chi connectivity index (χ1) is 28.4. The third kappa shape index (κ3) is 7.34. The number of pyridine rings is 2. The number of aromatic nitrogens is 2. The van der Waals surface area contributed by atoms with Gasteiger partial charge < -0.3 is 0 Å². The van der Waals surface area contributed by atoms with Crippen LogP contribution >= 0.6 is 0 Å². The van der Waals surface area contributed by atoms with Crippen molar-refractivity contribution in [1.29, 1.82) is 0 Å². The van der Waals surface area contributed by atoms with Crippen molar-refractivity contribution in [3.8, 4) is 89.3 Å². The molecule has 5 heteroatoms. The minimum absolute atomic E-state index is 0.246. The molecule has 0 aliphatic rings. The van der Waals surface area contributed by atoms with E-state index in [1.165, 1.54) is 24.3 Å². The summed E-state index contributed by atoms with van der Waals surface area (Å²) in [6.45, 7) is 2.10. The van der Waals surface area contributed by atoms with Crippen LogP contribution in [-0.4, -0.2) is 9.97 Å². The van der Waals surface area contributed by atoms with Crippen LogP contribution in [0, 0.1) is 24.4 Å². The zero-order valence-corrected chi connectivity index (χ0v) is 31.5. The Hall–Kier alpha value is -7.37. The molecule has 0 amide bonds. The van der Waals surface area contributed by atoms with Crippen LogP contribution < -0.4 is 0 Å². The van der Waals surface area contributed by atoms with Gasteiger partial charge in [0.25, 0.3) is 0 Å². The molecule has 2 aromatic heterocycles. The van der Waals surface area contributed by atoms with Crippen molar-refractivity contribution in [2.45, 2.75) is 6.92 Å². The summed E-state index contributed by atoms with van der Waals surface area (Å²) < 4.78 is 42.1. The number of hydrogen-bond acceptors (Lipinski definition) is 2. The molecule has 0 atom stereocenters. The van der Waals surface area contributed by atoms with E-state index in [1.54, 1.807) is 24.4 Å². The molecule has 2 heterocycles. The van der Waals surface area contributed by atoms with E-state index in [4.69, 9.17) is 4.98 Å². The van der Waals surface area contributed by atoms with Gasteiger partial charge in [0.1, 0.15) is 17.5 Å². The smallest absolute Gasteiger partial charge is 0.135 e. The third-order valence-corrected chi connectivity index (χ3v) is 10.5. The first-order valence-corrected chi connectivity index (χ1v) is 19.0. The molecule has 0 radical (unpaired) electrons. The highest BCUT2D eigenvalue weighted by molar-refractivity contribution is 5.94. The van der Waals surface area contributed by atoms with E-state index in [1.807, 2.05) is 42.6 Å². The van der Waals surface area contributed by atoms with E-state index in [2.05, 4.69) is 109 Å². The lowest BCUT2D eigenvalue weighted by molar-refractivity contribution is 0.585. The molecule has 7 aromatic carbocycles. The Balaban J connectivity index is 1.13. The molecule has 0 unspecified atom stereocenters. The van der Waals surface area contributed by atoms with E-state index in [-0.39, 0.29) is 11.4 Å². The lowest BCUT2D eigenvalue weighted by Crippen LogP contribution is -1.94. The van der Waals surface area contributed by atoms with Crippen LogP contribution in [0.5, 0.6) is 0 Å². The predicted molar refractivity (Wildman–Crippen MR) is 230 cm³/mol. The second-order valence-electron chi connectivity index (χ2n) is 14.3. The van der Waals surface area contributed by atoms with Crippen molar-refractivity contribution in [1.82, 2.24) is 9.97 Å². The molecule has 9 aromatic rings. The summed E-state index contributed by atoms with van der Waals surface area (Å²) in [6, 6.07) is 57.8. The van der Waals surface area contributed by atoms with Crippen LogP contribution in [0.1, 0.15) is 5.56 Å². The quantitative estimate of drug-likeness (QED) is 0.154. The van der Waals surface area contributed by atoms with Crippen LogP contribution in [0.15, 0.2) is 194 Å². The van der Waals surface area contributed by atoms with Crippen LogP contribution in [0.2, 0.25) is 0 Å². The average molecular weight is 757 g/mol. The summed E-state index contributed by atoms with van der Waals surface area (Å²) in [6.07, 6.45) is 3.66. The Labute approximate surface area is 335 Å². The summed E-state index contributed by atoms with van der Waals surface area (Å²) in [4.78, 5) is 9.51. The molecule has 2 nitrogen and oxygen atoms in total. The summed E-state index contributed by atoms with van der Waals surface area (Å²) in [7, 11) is 0. The Morgan fingerprint density at radius 2 is 0.845 bits per heavy atom. The summed E-state index contributed by atoms with van der Waals surface area (Å²) in [5.74, 6) is -1.57. The van der Waals surface area contributed by atoms with Gasteiger partial charge in [0.2, 0.25) is 0 Å². The van der Waals surface area contributed by atoms with Crippen molar-refractivity contribution >= 4 is 0 Å². The molecule has 0 aliphatic heterocycles. The van der Waals surface area contributed by atoms with Gasteiger partial charge in [-0.1, -0.05) is 121 Å². The minimum atomic E-state index is -0.652. The first-order valence-electron chi connectivity index (χ1n) is 19.0. The van der Waals surface area contributed by atoms with Crippen molar-refractivity contribution in [2.24, 2.45) is 0 Å². The highest BCUT2D eigenvalue weighted by Crippen LogP contribution is 2.42. The van der Waals surface area contributed by atoms with Crippen LogP contribution in [0.4, 0.5) is 13.2 Å². The molecular formula is C53H35F3N2. The van der Waals surface area contributed by atoms with Gasteiger partial charge in [0, 0.05) is 40.7 Å². The van der Waals surface area contributed by atoms with E-state index < -0.39 is 11.6 Å². The summed E-state index contributed by atoms with van der Waals surface area (Å²) >= 11 is 0. The van der Waals surface area contributed by atoms with Gasteiger partial charge in [0.15, 0.2) is 0 Å². The van der Waals surface area contributed by atoms with E-state index in [9.17, 15) is 13.2 Å². The monoisotopic (exact) mass is 756 g/mol. The number of aryl methyl sites for hydroxylation is 1. The van der Waals surface area contributed by atoms with Gasteiger partial charge >= 0.3 is 0 Å². The number of rotatable bonds is 8. The molecule has 0 fully saturated rings. The molecule has 0 spiro atoms. The molecule has 58 heavy (non-hydrogen) atoms. The van der Waals surface area contributed by atoms with Crippen molar-refractivity contribution < 1.29 is 13.2 Å². The number of hydrogen-bond donors (Lipinski definition) is 0. The molecule has 0 saturated heterocycles. The normalized spacial score (nSPS) is 11.1. The molecule has 278 valence electrons. The van der Waals surface area contributed by atoms with Gasteiger partial charge in [-0.3, -0.25) is 9.97 Å². The standard InChI is InChI=1S/C53H35F3N2/c1-34-27-40(45-12-6-5-11-44(45)39-21-26-52(57-32-39)48-25-24-43(55)30-51(48)56)29-41(28-34)46-13-7-8-14-47(46)50-33-58-53(38-19-22-42(54)23-20-38)31-49(50)37-17-15-36(16-18-37)35-9-3-2-4-10-35/h2-33H,1H3. The predicted octanol–water partition coefficient (Wildman–Crippen LogP) is 14.5. The van der Waals surface area contributed by atoms with Crippen LogP contribution in [-0.2, 0) is 0 Å². The molecule has 9 rings (SSSR count). The lowest BCUT2D eigenvalue weighted by atomic mass is 9.87. The van der Waals surface area contributed by atoms with Gasteiger partial charge in [-0.05, 0) is 123 Å². The number of benzene rings is 7. The van der Waals surface area contributed by atoms with Crippen molar-refractivity contribution in [2.75, 3.05) is 0 Å². The van der Waals surface area contributed by atoms with Crippen LogP contribution in [0.3, 0.4) is 0 Å². The van der Waals surface area contributed by atoms with Crippen LogP contribution in [0.25, 0.3) is 89.3 Å². The highest BCUT2D eigenvalue weighted by atomic mass is 19.1. The molecule has 0 bridgehead atoms. The summed E-state index contributed by atoms with van der Waals surface area (Å²) in [5, 5.41) is 0. The Morgan fingerprint density at radius 3 is 1.50 bits per heavy atom. The Kier molecular flexibility index (Phi) is 9.78. The van der Waals surface area contributed by atoms with Crippen molar-refractivity contribution in [3.05, 3.63) is 217 Å². The zero-order chi connectivity index (χ0) is 39.6. The second kappa shape index (κ2) is 15.6. The van der Waals surface area contributed by atoms with Gasteiger partial charge in [-0.2, -0.15) is 0 Å². The Bertz CT molecular complexity index is 2900. The maximum atomic E-state index is 14.6. The maximum absolute atomic E-state index is 14.6. The largest absolute Gasteiger partial charge is 0.256 e. The third-order valence-electron chi connectivity index (χ3n) is 10.5. The van der Waals surface area contributed by atoms with Crippen molar-refractivity contribution in [3.63, 3.8) is 0 Å². The molecular weight excluding hydrogens is 722 g/mol. The zero-order valence-electron chi connectivity index (χ0n) is 31.5. The van der Waals surface area contributed by atoms with E-state index in [0.29, 0.717) is 5.69 Å². The van der Waals surface area contributed by atoms with Gasteiger partial charge in [0.05, 0.1) is 11.4 Å². The fourth-order valence-electron chi connectivity index (χ4n) is 7.62. The SMILES string of the molecule is Cc1cc(-c2ccccc2-c2ccc(-c3ccc(F)cc3F)nc2)cc(-c2ccccc2-c2cnc(-c3ccc(F)cc3)cc2-c2ccc(-c3ccccc3)cc2)c1. The second-order valence-corrected chi connectivity index (χ2v) is 14.3. The van der Waals surface area contributed by atoms with E-state index >= 15 is 0 Å². The number of nitrogens with zero attached hydrogens (tertiary/aromatic N) is 2. The van der Waals surface area contributed by atoms with Gasteiger partial charge in [-0.15, -0.1) is 0 Å². The highest BCUT2D eigenvalue weighted by Gasteiger charge is 2.18. The summed E-state index contributed by atoms with van der Waals surface area (Å²) in [5.41, 5.74) is 15.7. The maximum Gasteiger partial charge on any atom is 0.135 e. The minimum Gasteiger partial charge on any atom is -0.256 e. The molecule has 0 N–H and O–H groups in total.